The number of anilines is 1. The fourth-order valence-electron chi connectivity index (χ4n) is 2.32. The summed E-state index contributed by atoms with van der Waals surface area (Å²) in [5, 5.41) is 12.5. The summed E-state index contributed by atoms with van der Waals surface area (Å²) in [4.78, 5) is 13.5. The van der Waals surface area contributed by atoms with Gasteiger partial charge in [0.25, 0.3) is 0 Å². The minimum Gasteiger partial charge on any atom is -0.480 e. The summed E-state index contributed by atoms with van der Waals surface area (Å²) < 4.78 is 0. The molecule has 2 aromatic rings. The van der Waals surface area contributed by atoms with Gasteiger partial charge in [-0.05, 0) is 37.4 Å². The first-order valence-corrected chi connectivity index (χ1v) is 7.31. The Balaban J connectivity index is 2.03. The molecule has 0 aliphatic rings. The Morgan fingerprint density at radius 2 is 1.68 bits per heavy atom. The van der Waals surface area contributed by atoms with Crippen molar-refractivity contribution in [2.24, 2.45) is 0 Å². The lowest BCUT2D eigenvalue weighted by molar-refractivity contribution is -0.137. The van der Waals surface area contributed by atoms with E-state index in [4.69, 9.17) is 0 Å². The molecule has 0 aliphatic carbocycles. The van der Waals surface area contributed by atoms with Crippen LogP contribution in [0.4, 0.5) is 5.69 Å². The van der Waals surface area contributed by atoms with Crippen molar-refractivity contribution in [3.05, 3.63) is 65.7 Å². The van der Waals surface area contributed by atoms with E-state index in [2.05, 4.69) is 10.2 Å². The van der Waals surface area contributed by atoms with Crippen LogP contribution in [0, 0.1) is 0 Å². The number of carboxylic acid groups (broad SMARTS) is 1. The molecule has 0 saturated heterocycles. The third kappa shape index (κ3) is 4.90. The molecule has 2 rings (SSSR count). The van der Waals surface area contributed by atoms with Crippen molar-refractivity contribution in [1.82, 2.24) is 4.90 Å². The highest BCUT2D eigenvalue weighted by Crippen LogP contribution is 2.14. The van der Waals surface area contributed by atoms with Gasteiger partial charge in [0, 0.05) is 18.7 Å². The second-order valence-electron chi connectivity index (χ2n) is 5.66. The molecule has 0 saturated carbocycles. The highest BCUT2D eigenvalue weighted by Gasteiger charge is 2.17. The summed E-state index contributed by atoms with van der Waals surface area (Å²) in [5.41, 5.74) is 3.03. The number of carboxylic acids is 1. The summed E-state index contributed by atoms with van der Waals surface area (Å²) >= 11 is 0. The molecule has 0 aromatic heterocycles. The van der Waals surface area contributed by atoms with E-state index in [9.17, 15) is 9.90 Å². The number of hydrogen-bond acceptors (Lipinski definition) is 3. The van der Waals surface area contributed by atoms with Gasteiger partial charge in [-0.25, -0.2) is 4.79 Å². The van der Waals surface area contributed by atoms with Crippen molar-refractivity contribution < 1.29 is 9.90 Å². The normalized spacial score (nSPS) is 12.1. The zero-order valence-corrected chi connectivity index (χ0v) is 13.0. The zero-order valence-electron chi connectivity index (χ0n) is 13.0. The number of nitrogens with zero attached hydrogens (tertiary/aromatic N) is 1. The van der Waals surface area contributed by atoms with E-state index in [0.717, 1.165) is 17.8 Å². The van der Waals surface area contributed by atoms with Gasteiger partial charge in [-0.3, -0.25) is 0 Å². The lowest BCUT2D eigenvalue weighted by Gasteiger charge is -2.17. The molecule has 22 heavy (non-hydrogen) atoms. The first kappa shape index (κ1) is 16.0. The third-order valence-corrected chi connectivity index (χ3v) is 3.37. The van der Waals surface area contributed by atoms with Crippen molar-refractivity contribution in [3.63, 3.8) is 0 Å². The fraction of sp³-hybridized carbons (Fsp3) is 0.278. The van der Waals surface area contributed by atoms with Gasteiger partial charge < -0.3 is 15.3 Å². The summed E-state index contributed by atoms with van der Waals surface area (Å²) in [7, 11) is 4.04. The highest BCUT2D eigenvalue weighted by atomic mass is 16.4. The lowest BCUT2D eigenvalue weighted by Crippen LogP contribution is -2.31. The van der Waals surface area contributed by atoms with E-state index in [1.807, 2.05) is 68.7 Å². The van der Waals surface area contributed by atoms with Crippen LogP contribution in [0.25, 0.3) is 0 Å². The molecule has 2 N–H and O–H groups in total. The van der Waals surface area contributed by atoms with Crippen LogP contribution in [0.3, 0.4) is 0 Å². The van der Waals surface area contributed by atoms with E-state index in [0.29, 0.717) is 6.42 Å². The van der Waals surface area contributed by atoms with E-state index in [1.165, 1.54) is 5.56 Å². The van der Waals surface area contributed by atoms with Gasteiger partial charge in [0.15, 0.2) is 0 Å². The molecular weight excluding hydrogens is 276 g/mol. The molecule has 0 bridgehead atoms. The molecule has 116 valence electrons. The Morgan fingerprint density at radius 1 is 1.05 bits per heavy atom. The number of hydrogen-bond donors (Lipinski definition) is 2. The predicted octanol–water partition coefficient (Wildman–Crippen LogP) is 2.86. The summed E-state index contributed by atoms with van der Waals surface area (Å²) in [6.07, 6.45) is 0.454. The summed E-state index contributed by atoms with van der Waals surface area (Å²) in [5.74, 6) is -0.846. The summed E-state index contributed by atoms with van der Waals surface area (Å²) in [6.45, 7) is 0.868. The smallest absolute Gasteiger partial charge is 0.326 e. The molecule has 0 spiro atoms. The zero-order chi connectivity index (χ0) is 15.9. The topological polar surface area (TPSA) is 52.6 Å². The quantitative estimate of drug-likeness (QED) is 0.825. The minimum absolute atomic E-state index is 0.454. The van der Waals surface area contributed by atoms with E-state index in [-0.39, 0.29) is 0 Å². The second-order valence-corrected chi connectivity index (χ2v) is 5.66. The van der Waals surface area contributed by atoms with Gasteiger partial charge in [-0.2, -0.15) is 0 Å². The van der Waals surface area contributed by atoms with Crippen LogP contribution in [-0.2, 0) is 17.8 Å². The van der Waals surface area contributed by atoms with Crippen LogP contribution in [0.1, 0.15) is 11.1 Å². The number of rotatable bonds is 7. The van der Waals surface area contributed by atoms with Crippen LogP contribution in [0.5, 0.6) is 0 Å². The van der Waals surface area contributed by atoms with Gasteiger partial charge in [0.2, 0.25) is 0 Å². The molecule has 2 aromatic carbocycles. The molecule has 1 unspecified atom stereocenters. The first-order chi connectivity index (χ1) is 10.5. The van der Waals surface area contributed by atoms with Crippen molar-refractivity contribution in [3.8, 4) is 0 Å². The van der Waals surface area contributed by atoms with Crippen molar-refractivity contribution >= 4 is 11.7 Å². The minimum atomic E-state index is -0.846. The third-order valence-electron chi connectivity index (χ3n) is 3.37. The SMILES string of the molecule is CN(C)Cc1ccc(NC(Cc2ccccc2)C(=O)O)cc1. The Kier molecular flexibility index (Phi) is 5.55. The molecule has 0 amide bonds. The van der Waals surface area contributed by atoms with Crippen LogP contribution < -0.4 is 5.32 Å². The molecule has 0 fully saturated rings. The maximum Gasteiger partial charge on any atom is 0.326 e. The van der Waals surface area contributed by atoms with E-state index in [1.54, 1.807) is 0 Å². The molecule has 0 heterocycles. The molecule has 1 atom stereocenters. The number of nitrogens with one attached hydrogen (secondary N) is 1. The van der Waals surface area contributed by atoms with Gasteiger partial charge in [-0.15, -0.1) is 0 Å². The van der Waals surface area contributed by atoms with Crippen LogP contribution >= 0.6 is 0 Å². The molecule has 0 radical (unpaired) electrons. The number of aliphatic carboxylic acids is 1. The van der Waals surface area contributed by atoms with Crippen molar-refractivity contribution in [2.45, 2.75) is 19.0 Å². The maximum atomic E-state index is 11.5. The Hall–Kier alpha value is -2.33. The number of benzene rings is 2. The predicted molar refractivity (Wildman–Crippen MR) is 89.0 cm³/mol. The number of carbonyl (C=O) groups is 1. The van der Waals surface area contributed by atoms with Crippen LogP contribution in [0.15, 0.2) is 54.6 Å². The van der Waals surface area contributed by atoms with Crippen molar-refractivity contribution in [1.29, 1.82) is 0 Å². The first-order valence-electron chi connectivity index (χ1n) is 7.31. The molecule has 4 nitrogen and oxygen atoms in total. The standard InChI is InChI=1S/C18H22N2O2/c1-20(2)13-15-8-10-16(11-9-15)19-17(18(21)22)12-14-6-4-3-5-7-14/h3-11,17,19H,12-13H2,1-2H3,(H,21,22). The molecular formula is C18H22N2O2. The van der Waals surface area contributed by atoms with Crippen LogP contribution in [-0.4, -0.2) is 36.1 Å². The fourth-order valence-corrected chi connectivity index (χ4v) is 2.32. The molecule has 0 aliphatic heterocycles. The van der Waals surface area contributed by atoms with Gasteiger partial charge in [0.05, 0.1) is 0 Å². The van der Waals surface area contributed by atoms with Crippen LogP contribution in [0.2, 0.25) is 0 Å². The van der Waals surface area contributed by atoms with Gasteiger partial charge in [0.1, 0.15) is 6.04 Å². The van der Waals surface area contributed by atoms with Gasteiger partial charge in [-0.1, -0.05) is 42.5 Å². The van der Waals surface area contributed by atoms with E-state index < -0.39 is 12.0 Å². The average molecular weight is 298 g/mol. The second kappa shape index (κ2) is 7.61. The average Bonchev–Trinajstić information content (AvgIpc) is 2.49. The van der Waals surface area contributed by atoms with Crippen molar-refractivity contribution in [2.75, 3.05) is 19.4 Å². The maximum absolute atomic E-state index is 11.5. The Morgan fingerprint density at radius 3 is 2.23 bits per heavy atom. The van der Waals surface area contributed by atoms with Gasteiger partial charge >= 0.3 is 5.97 Å². The van der Waals surface area contributed by atoms with E-state index >= 15 is 0 Å². The Labute approximate surface area is 131 Å². The monoisotopic (exact) mass is 298 g/mol. The molecule has 4 heteroatoms. The largest absolute Gasteiger partial charge is 0.480 e. The Bertz CT molecular complexity index is 594. The lowest BCUT2D eigenvalue weighted by atomic mass is 10.1. The highest BCUT2D eigenvalue weighted by molar-refractivity contribution is 5.77. The summed E-state index contributed by atoms with van der Waals surface area (Å²) in [6, 6.07) is 16.9.